The number of hydrogen-bond donors (Lipinski definition) is 1. The summed E-state index contributed by atoms with van der Waals surface area (Å²) in [6.07, 6.45) is -4.67. The molecular weight excluding hydrogens is 423 g/mol. The Morgan fingerprint density at radius 3 is 2.16 bits per heavy atom. The van der Waals surface area contributed by atoms with Gasteiger partial charge in [0.2, 0.25) is 5.91 Å². The van der Waals surface area contributed by atoms with Crippen molar-refractivity contribution in [2.75, 3.05) is 31.1 Å². The van der Waals surface area contributed by atoms with E-state index in [9.17, 15) is 22.8 Å². The molecule has 2 N–H and O–H groups in total. The molecule has 3 aromatic rings. The van der Waals surface area contributed by atoms with Gasteiger partial charge in [-0.15, -0.1) is 0 Å². The Hall–Kier alpha value is -3.82. The lowest BCUT2D eigenvalue weighted by Crippen LogP contribution is -2.49. The molecule has 0 radical (unpaired) electrons. The average molecular weight is 443 g/mol. The van der Waals surface area contributed by atoms with Gasteiger partial charge >= 0.3 is 6.18 Å². The van der Waals surface area contributed by atoms with E-state index in [1.54, 1.807) is 48.5 Å². The van der Waals surface area contributed by atoms with Crippen molar-refractivity contribution < 1.29 is 22.8 Å². The predicted octanol–water partition coefficient (Wildman–Crippen LogP) is 2.95. The topological polar surface area (TPSA) is 84.5 Å². The minimum Gasteiger partial charge on any atom is -0.368 e. The first-order valence-corrected chi connectivity index (χ1v) is 9.91. The van der Waals surface area contributed by atoms with Gasteiger partial charge in [-0.05, 0) is 30.3 Å². The number of alkyl halides is 3. The van der Waals surface area contributed by atoms with Gasteiger partial charge < -0.3 is 15.5 Å². The van der Waals surface area contributed by atoms with Crippen molar-refractivity contribution in [1.82, 2.24) is 14.7 Å². The monoisotopic (exact) mass is 443 g/mol. The van der Waals surface area contributed by atoms with Gasteiger partial charge in [-0.1, -0.05) is 24.3 Å². The second-order valence-corrected chi connectivity index (χ2v) is 7.35. The molecule has 0 unspecified atom stereocenters. The highest BCUT2D eigenvalue weighted by molar-refractivity contribution is 5.94. The smallest absolute Gasteiger partial charge is 0.368 e. The number of benzene rings is 2. The molecule has 0 saturated carbocycles. The highest BCUT2D eigenvalue weighted by Gasteiger charge is 2.37. The van der Waals surface area contributed by atoms with Crippen LogP contribution in [0.4, 0.5) is 18.9 Å². The van der Waals surface area contributed by atoms with Crippen LogP contribution in [0.25, 0.3) is 5.69 Å². The maximum Gasteiger partial charge on any atom is 0.435 e. The van der Waals surface area contributed by atoms with E-state index in [1.165, 1.54) is 4.90 Å². The van der Waals surface area contributed by atoms with Crippen molar-refractivity contribution in [3.8, 4) is 5.69 Å². The highest BCUT2D eigenvalue weighted by Crippen LogP contribution is 2.30. The van der Waals surface area contributed by atoms with Crippen molar-refractivity contribution in [2.24, 2.45) is 5.73 Å². The van der Waals surface area contributed by atoms with Gasteiger partial charge in [-0.3, -0.25) is 9.59 Å². The van der Waals surface area contributed by atoms with Crippen LogP contribution in [-0.4, -0.2) is 52.7 Å². The molecule has 2 aromatic carbocycles. The van der Waals surface area contributed by atoms with E-state index in [2.05, 4.69) is 5.10 Å². The molecule has 4 rings (SSSR count). The number of nitrogens with zero attached hydrogens (tertiary/aromatic N) is 4. The third-order valence-electron chi connectivity index (χ3n) is 5.28. The average Bonchev–Trinajstić information content (AvgIpc) is 3.25. The zero-order chi connectivity index (χ0) is 22.9. The van der Waals surface area contributed by atoms with Gasteiger partial charge in [0.25, 0.3) is 5.91 Å². The van der Waals surface area contributed by atoms with Crippen LogP contribution in [0.1, 0.15) is 26.5 Å². The normalized spacial score (nSPS) is 14.5. The number of carbonyl (C=O) groups is 2. The van der Waals surface area contributed by atoms with E-state index in [0.717, 1.165) is 16.4 Å². The highest BCUT2D eigenvalue weighted by atomic mass is 19.4. The number of amides is 2. The van der Waals surface area contributed by atoms with Gasteiger partial charge in [-0.2, -0.15) is 18.3 Å². The second kappa shape index (κ2) is 8.37. The molecule has 2 amide bonds. The van der Waals surface area contributed by atoms with E-state index in [-0.39, 0.29) is 5.69 Å². The Balaban J connectivity index is 1.55. The molecule has 1 fully saturated rings. The van der Waals surface area contributed by atoms with E-state index in [1.807, 2.05) is 11.0 Å². The minimum atomic E-state index is -4.67. The first-order valence-electron chi connectivity index (χ1n) is 9.91. The zero-order valence-corrected chi connectivity index (χ0v) is 16.9. The van der Waals surface area contributed by atoms with Crippen molar-refractivity contribution in [3.05, 3.63) is 77.6 Å². The van der Waals surface area contributed by atoms with E-state index in [4.69, 9.17) is 5.73 Å². The molecule has 2 heterocycles. The number of anilines is 1. The van der Waals surface area contributed by atoms with Gasteiger partial charge in [0.05, 0.1) is 5.69 Å². The molecule has 1 saturated heterocycles. The minimum absolute atomic E-state index is 0.146. The first-order chi connectivity index (χ1) is 15.2. The Morgan fingerprint density at radius 2 is 1.53 bits per heavy atom. The number of rotatable bonds is 4. The van der Waals surface area contributed by atoms with Crippen molar-refractivity contribution in [3.63, 3.8) is 0 Å². The number of nitrogens with two attached hydrogens (primary N) is 1. The van der Waals surface area contributed by atoms with Crippen LogP contribution in [-0.2, 0) is 6.18 Å². The van der Waals surface area contributed by atoms with Crippen LogP contribution >= 0.6 is 0 Å². The number of hydrogen-bond acceptors (Lipinski definition) is 4. The van der Waals surface area contributed by atoms with E-state index >= 15 is 0 Å². The summed E-state index contributed by atoms with van der Waals surface area (Å²) in [6, 6.07) is 15.9. The molecular formula is C22H20F3N5O2. The van der Waals surface area contributed by atoms with Gasteiger partial charge in [-0.25, -0.2) is 4.68 Å². The summed E-state index contributed by atoms with van der Waals surface area (Å²) in [6.45, 7) is 1.53. The number of carbonyl (C=O) groups excluding carboxylic acids is 2. The first kappa shape index (κ1) is 21.4. The summed E-state index contributed by atoms with van der Waals surface area (Å²) in [7, 11) is 0. The molecule has 1 aliphatic rings. The quantitative estimate of drug-likeness (QED) is 0.672. The van der Waals surface area contributed by atoms with E-state index in [0.29, 0.717) is 37.4 Å². The van der Waals surface area contributed by atoms with Crippen LogP contribution in [0.5, 0.6) is 0 Å². The van der Waals surface area contributed by atoms with Crippen LogP contribution in [0.3, 0.4) is 0 Å². The summed E-state index contributed by atoms with van der Waals surface area (Å²) in [4.78, 5) is 28.1. The van der Waals surface area contributed by atoms with Crippen LogP contribution in [0, 0.1) is 0 Å². The molecule has 0 spiro atoms. The van der Waals surface area contributed by atoms with Gasteiger partial charge in [0, 0.05) is 43.5 Å². The van der Waals surface area contributed by atoms with Gasteiger partial charge in [0.1, 0.15) is 5.69 Å². The van der Waals surface area contributed by atoms with Crippen molar-refractivity contribution in [1.29, 1.82) is 0 Å². The van der Waals surface area contributed by atoms with Gasteiger partial charge in [0.15, 0.2) is 5.69 Å². The fraction of sp³-hybridized carbons (Fsp3) is 0.227. The number of primary amides is 1. The molecule has 7 nitrogen and oxygen atoms in total. The maximum atomic E-state index is 13.3. The van der Waals surface area contributed by atoms with Crippen molar-refractivity contribution in [2.45, 2.75) is 6.18 Å². The Bertz CT molecular complexity index is 1140. The molecule has 0 aliphatic carbocycles. The summed E-state index contributed by atoms with van der Waals surface area (Å²) in [5.74, 6) is -1.06. The lowest BCUT2D eigenvalue weighted by molar-refractivity contribution is -0.141. The maximum absolute atomic E-state index is 13.3. The molecule has 1 aromatic heterocycles. The lowest BCUT2D eigenvalue weighted by Gasteiger charge is -2.36. The fourth-order valence-electron chi connectivity index (χ4n) is 3.62. The summed E-state index contributed by atoms with van der Waals surface area (Å²) in [5, 5.41) is 3.65. The lowest BCUT2D eigenvalue weighted by atomic mass is 10.1. The van der Waals surface area contributed by atoms with Crippen LogP contribution in [0.2, 0.25) is 0 Å². The number of halogens is 3. The van der Waals surface area contributed by atoms with Crippen LogP contribution in [0.15, 0.2) is 60.7 Å². The third kappa shape index (κ3) is 4.29. The Morgan fingerprint density at radius 1 is 0.875 bits per heavy atom. The molecule has 1 aliphatic heterocycles. The predicted molar refractivity (Wildman–Crippen MR) is 112 cm³/mol. The molecule has 32 heavy (non-hydrogen) atoms. The number of piperazine rings is 1. The second-order valence-electron chi connectivity index (χ2n) is 7.35. The molecule has 0 bridgehead atoms. The summed E-state index contributed by atoms with van der Waals surface area (Å²) >= 11 is 0. The number of aromatic nitrogens is 2. The molecule has 0 atom stereocenters. The van der Waals surface area contributed by atoms with E-state index < -0.39 is 23.7 Å². The standard InChI is InChI=1S/C22H20F3N5O2/c23-22(24,25)19-14-18(30(27-19)16-6-2-1-3-7-16)21(32)29-11-9-28(10-12-29)17-8-4-5-15(13-17)20(26)31/h1-8,13-14H,9-12H2,(H2,26,31). The largest absolute Gasteiger partial charge is 0.435 e. The van der Waals surface area contributed by atoms with Crippen molar-refractivity contribution >= 4 is 17.5 Å². The Labute approximate surface area is 181 Å². The molecule has 10 heteroatoms. The molecule has 166 valence electrons. The fourth-order valence-corrected chi connectivity index (χ4v) is 3.62. The SMILES string of the molecule is NC(=O)c1cccc(N2CCN(C(=O)c3cc(C(F)(F)F)nn3-c3ccccc3)CC2)c1. The third-order valence-corrected chi connectivity index (χ3v) is 5.28. The Kier molecular flexibility index (Phi) is 5.60. The van der Waals surface area contributed by atoms with Crippen LogP contribution < -0.4 is 10.6 Å². The summed E-state index contributed by atoms with van der Waals surface area (Å²) < 4.78 is 40.9. The number of para-hydroxylation sites is 1. The zero-order valence-electron chi connectivity index (χ0n) is 16.9. The summed E-state index contributed by atoms with van der Waals surface area (Å²) in [5.41, 5.74) is 5.61.